The number of rotatable bonds is 12. The Hall–Kier alpha value is -3.78. The van der Waals surface area contributed by atoms with E-state index in [4.69, 9.17) is 23.5 Å². The van der Waals surface area contributed by atoms with Gasteiger partial charge in [0.2, 0.25) is 5.89 Å². The Kier molecular flexibility index (Phi) is 9.92. The number of thiophene rings is 1. The predicted octanol–water partition coefficient (Wildman–Crippen LogP) is 4.57. The number of ether oxygens (including phenoxy) is 3. The highest BCUT2D eigenvalue weighted by atomic mass is 32.1. The summed E-state index contributed by atoms with van der Waals surface area (Å²) < 4.78 is 26.0. The summed E-state index contributed by atoms with van der Waals surface area (Å²) in [6, 6.07) is 7.50. The Bertz CT molecular complexity index is 1750. The quantitative estimate of drug-likeness (QED) is 0.221. The van der Waals surface area contributed by atoms with Crippen LogP contribution in [-0.4, -0.2) is 53.1 Å². The monoisotopic (exact) mass is 640 g/mol. The molecule has 0 spiro atoms. The zero-order valence-corrected chi connectivity index (χ0v) is 27.3. The number of methoxy groups -OCH3 is 1. The molecule has 0 bridgehead atoms. The van der Waals surface area contributed by atoms with Crippen molar-refractivity contribution >= 4 is 27.5 Å². The molecule has 1 N–H and O–H groups in total. The fourth-order valence-corrected chi connectivity index (χ4v) is 6.64. The molecule has 1 saturated heterocycles. The van der Waals surface area contributed by atoms with Crippen LogP contribution in [0.5, 0.6) is 5.75 Å². The SMILES string of the molecule is COc1ccccc1[C@H](Cn1c(=O)n(C(C)(C)C(=O)NOCC(C)C)c(=O)c2c(C)c(-c3ncco3)sc21)OC1CCOCC1. The van der Waals surface area contributed by atoms with Crippen molar-refractivity contribution in [2.24, 2.45) is 5.92 Å². The van der Waals surface area contributed by atoms with E-state index in [1.807, 2.05) is 38.1 Å². The fraction of sp³-hybridized carbons (Fsp3) is 0.500. The molecule has 0 unspecified atom stereocenters. The van der Waals surface area contributed by atoms with Crippen molar-refractivity contribution in [2.45, 2.75) is 71.8 Å². The van der Waals surface area contributed by atoms with E-state index in [2.05, 4.69) is 10.5 Å². The largest absolute Gasteiger partial charge is 0.496 e. The van der Waals surface area contributed by atoms with E-state index in [0.717, 1.165) is 10.1 Å². The summed E-state index contributed by atoms with van der Waals surface area (Å²) in [5, 5.41) is 0.293. The van der Waals surface area contributed by atoms with E-state index in [9.17, 15) is 14.4 Å². The first-order valence-corrected chi connectivity index (χ1v) is 15.8. The molecule has 1 aromatic carbocycles. The van der Waals surface area contributed by atoms with Crippen molar-refractivity contribution in [2.75, 3.05) is 26.9 Å². The van der Waals surface area contributed by atoms with Crippen molar-refractivity contribution in [3.05, 3.63) is 68.7 Å². The van der Waals surface area contributed by atoms with Gasteiger partial charge in [0.05, 0.1) is 42.8 Å². The van der Waals surface area contributed by atoms with Crippen LogP contribution < -0.4 is 21.5 Å². The highest BCUT2D eigenvalue weighted by Gasteiger charge is 2.37. The molecule has 1 aliphatic heterocycles. The Morgan fingerprint density at radius 1 is 1.20 bits per heavy atom. The van der Waals surface area contributed by atoms with Crippen LogP contribution in [0.25, 0.3) is 21.0 Å². The summed E-state index contributed by atoms with van der Waals surface area (Å²) in [7, 11) is 1.59. The highest BCUT2D eigenvalue weighted by molar-refractivity contribution is 7.22. The van der Waals surface area contributed by atoms with Gasteiger partial charge < -0.3 is 18.6 Å². The van der Waals surface area contributed by atoms with Crippen LogP contribution in [0.3, 0.4) is 0 Å². The number of aromatic nitrogens is 3. The molecular weight excluding hydrogens is 600 g/mol. The summed E-state index contributed by atoms with van der Waals surface area (Å²) in [5.74, 6) is 0.470. The number of amides is 1. The first-order valence-electron chi connectivity index (χ1n) is 15.0. The van der Waals surface area contributed by atoms with Gasteiger partial charge in [-0.1, -0.05) is 32.0 Å². The molecule has 0 radical (unpaired) electrons. The van der Waals surface area contributed by atoms with Gasteiger partial charge in [-0.05, 0) is 51.2 Å². The topological polar surface area (TPSA) is 136 Å². The standard InChI is InChI=1S/C32H40N4O8S/c1-19(2)18-43-34-30(38)32(4,5)36-28(37)25-20(3)26(27-33-13-16-42-27)45-29(25)35(31(36)39)17-24(44-21-11-14-41-15-12-21)22-9-7-8-10-23(22)40-6/h7-10,13,16,19,21,24H,11-12,14-15,17-18H2,1-6H3,(H,34,38)/t24-/m0/s1. The van der Waals surface area contributed by atoms with Crippen molar-refractivity contribution < 1.29 is 28.3 Å². The van der Waals surface area contributed by atoms with Crippen LogP contribution in [0.15, 0.2) is 50.7 Å². The third kappa shape index (κ3) is 6.62. The minimum atomic E-state index is -1.61. The molecule has 242 valence electrons. The van der Waals surface area contributed by atoms with Crippen LogP contribution in [0.2, 0.25) is 0 Å². The number of carbonyl (C=O) groups is 1. The molecule has 1 fully saturated rings. The molecular formula is C32H40N4O8S. The maximum atomic E-state index is 14.5. The minimum Gasteiger partial charge on any atom is -0.496 e. The molecule has 13 heteroatoms. The number of nitrogens with zero attached hydrogens (tertiary/aromatic N) is 3. The van der Waals surface area contributed by atoms with Gasteiger partial charge in [-0.2, -0.15) is 0 Å². The number of carbonyl (C=O) groups excluding carboxylic acids is 1. The minimum absolute atomic E-state index is 0.0415. The van der Waals surface area contributed by atoms with Gasteiger partial charge in [-0.3, -0.25) is 19.0 Å². The average Bonchev–Trinajstić information content (AvgIpc) is 3.67. The fourth-order valence-electron chi connectivity index (χ4n) is 5.40. The lowest BCUT2D eigenvalue weighted by molar-refractivity contribution is -0.142. The van der Waals surface area contributed by atoms with Crippen molar-refractivity contribution in [1.82, 2.24) is 19.6 Å². The first kappa shape index (κ1) is 32.6. The molecule has 0 saturated carbocycles. The Morgan fingerprint density at radius 2 is 1.93 bits per heavy atom. The highest BCUT2D eigenvalue weighted by Crippen LogP contribution is 2.37. The number of hydroxylamine groups is 1. The van der Waals surface area contributed by atoms with E-state index in [0.29, 0.717) is 58.4 Å². The maximum Gasteiger partial charge on any atom is 0.333 e. The van der Waals surface area contributed by atoms with E-state index in [-0.39, 0.29) is 25.2 Å². The smallest absolute Gasteiger partial charge is 0.333 e. The summed E-state index contributed by atoms with van der Waals surface area (Å²) >= 11 is 1.24. The van der Waals surface area contributed by atoms with Crippen LogP contribution in [0, 0.1) is 12.8 Å². The molecule has 1 amide bonds. The van der Waals surface area contributed by atoms with Gasteiger partial charge in [0.15, 0.2) is 0 Å². The molecule has 0 aliphatic carbocycles. The number of nitrogens with one attached hydrogen (secondary N) is 1. The zero-order valence-electron chi connectivity index (χ0n) is 26.5. The van der Waals surface area contributed by atoms with Gasteiger partial charge in [0.25, 0.3) is 11.5 Å². The number of para-hydroxylation sites is 1. The van der Waals surface area contributed by atoms with Crippen molar-refractivity contribution in [1.29, 1.82) is 0 Å². The Balaban J connectivity index is 1.70. The maximum absolute atomic E-state index is 14.5. The van der Waals surface area contributed by atoms with E-state index >= 15 is 0 Å². The Morgan fingerprint density at radius 3 is 2.60 bits per heavy atom. The van der Waals surface area contributed by atoms with E-state index in [1.54, 1.807) is 14.0 Å². The molecule has 45 heavy (non-hydrogen) atoms. The molecule has 1 atom stereocenters. The van der Waals surface area contributed by atoms with Crippen LogP contribution in [0.4, 0.5) is 0 Å². The summed E-state index contributed by atoms with van der Waals surface area (Å²) in [6.45, 7) is 10.2. The van der Waals surface area contributed by atoms with Gasteiger partial charge in [0, 0.05) is 18.8 Å². The number of benzene rings is 1. The van der Waals surface area contributed by atoms with Gasteiger partial charge in [-0.25, -0.2) is 19.8 Å². The number of aryl methyl sites for hydroxylation is 1. The molecule has 5 rings (SSSR count). The average molecular weight is 641 g/mol. The summed E-state index contributed by atoms with van der Waals surface area (Å²) in [6.07, 6.45) is 3.63. The molecule has 1 aliphatic rings. The lowest BCUT2D eigenvalue weighted by Crippen LogP contribution is -2.56. The zero-order chi connectivity index (χ0) is 32.3. The number of hydrogen-bond donors (Lipinski definition) is 1. The first-order chi connectivity index (χ1) is 21.5. The van der Waals surface area contributed by atoms with Gasteiger partial charge >= 0.3 is 5.69 Å². The second-order valence-corrected chi connectivity index (χ2v) is 13.0. The molecule has 4 aromatic rings. The van der Waals surface area contributed by atoms with Crippen LogP contribution in [-0.2, 0) is 31.2 Å². The van der Waals surface area contributed by atoms with E-state index < -0.39 is 28.8 Å². The molecule has 12 nitrogen and oxygen atoms in total. The number of fused-ring (bicyclic) bond motifs is 1. The summed E-state index contributed by atoms with van der Waals surface area (Å²) in [4.78, 5) is 52.9. The molecule has 4 heterocycles. The predicted molar refractivity (Wildman–Crippen MR) is 169 cm³/mol. The number of oxazole rings is 1. The lowest BCUT2D eigenvalue weighted by atomic mass is 10.0. The third-order valence-corrected chi connectivity index (χ3v) is 9.20. The Labute approximate surface area is 264 Å². The normalized spacial score (nSPS) is 15.1. The van der Waals surface area contributed by atoms with Crippen LogP contribution >= 0.6 is 11.3 Å². The summed E-state index contributed by atoms with van der Waals surface area (Å²) in [5.41, 5.74) is 0.911. The van der Waals surface area contributed by atoms with Gasteiger partial charge in [0.1, 0.15) is 28.5 Å². The van der Waals surface area contributed by atoms with E-state index in [1.165, 1.54) is 42.2 Å². The second-order valence-electron chi connectivity index (χ2n) is 12.0. The third-order valence-electron chi connectivity index (χ3n) is 7.89. The second kappa shape index (κ2) is 13.7. The van der Waals surface area contributed by atoms with Crippen molar-refractivity contribution in [3.8, 4) is 16.5 Å². The molecule has 3 aromatic heterocycles. The van der Waals surface area contributed by atoms with Crippen molar-refractivity contribution in [3.63, 3.8) is 0 Å². The van der Waals surface area contributed by atoms with Gasteiger partial charge in [-0.15, -0.1) is 11.3 Å². The van der Waals surface area contributed by atoms with Crippen LogP contribution in [0.1, 0.15) is 57.8 Å². The lowest BCUT2D eigenvalue weighted by Gasteiger charge is -2.30. The number of hydrogen-bond acceptors (Lipinski definition) is 10.